The van der Waals surface area contributed by atoms with E-state index in [-0.39, 0.29) is 24.6 Å². The van der Waals surface area contributed by atoms with Crippen LogP contribution < -0.4 is 0 Å². The molecule has 1 aliphatic rings. The Morgan fingerprint density at radius 3 is 2.75 bits per heavy atom. The molecule has 1 aromatic heterocycles. The van der Waals surface area contributed by atoms with Gasteiger partial charge in [0.1, 0.15) is 0 Å². The van der Waals surface area contributed by atoms with Crippen molar-refractivity contribution < 1.29 is 16.8 Å². The first kappa shape index (κ1) is 15.9. The van der Waals surface area contributed by atoms with Gasteiger partial charge in [-0.3, -0.25) is 0 Å². The molecule has 1 fully saturated rings. The minimum Gasteiger partial charge on any atom is -0.228 e. The molecule has 8 heteroatoms. The fourth-order valence-electron chi connectivity index (χ4n) is 2.38. The quantitative estimate of drug-likeness (QED) is 0.837. The summed E-state index contributed by atoms with van der Waals surface area (Å²) < 4.78 is 50.1. The average molecular weight is 337 g/mol. The van der Waals surface area contributed by atoms with E-state index in [9.17, 15) is 16.8 Å². The van der Waals surface area contributed by atoms with Gasteiger partial charge in [-0.2, -0.15) is 0 Å². The zero-order chi connectivity index (χ0) is 14.8. The first-order chi connectivity index (χ1) is 9.37. The SMILES string of the molecule is CCCS(=O)(=O)N1CCC(c2cccs2)S(=O)(=O)CC1. The average Bonchev–Trinajstić information content (AvgIpc) is 2.80. The van der Waals surface area contributed by atoms with Crippen LogP contribution in [0.5, 0.6) is 0 Å². The molecule has 0 bridgehead atoms. The third-order valence-electron chi connectivity index (χ3n) is 3.42. The topological polar surface area (TPSA) is 71.5 Å². The van der Waals surface area contributed by atoms with E-state index in [4.69, 9.17) is 0 Å². The van der Waals surface area contributed by atoms with Gasteiger partial charge in [-0.15, -0.1) is 11.3 Å². The summed E-state index contributed by atoms with van der Waals surface area (Å²) in [7, 11) is -6.61. The Hall–Kier alpha value is -0.440. The third kappa shape index (κ3) is 3.41. The van der Waals surface area contributed by atoms with Crippen molar-refractivity contribution in [2.24, 2.45) is 0 Å². The maximum absolute atomic E-state index is 12.3. The fraction of sp³-hybridized carbons (Fsp3) is 0.667. The Morgan fingerprint density at radius 1 is 1.40 bits per heavy atom. The highest BCUT2D eigenvalue weighted by molar-refractivity contribution is 7.92. The van der Waals surface area contributed by atoms with Gasteiger partial charge in [-0.1, -0.05) is 13.0 Å². The lowest BCUT2D eigenvalue weighted by molar-refractivity contribution is 0.428. The van der Waals surface area contributed by atoms with E-state index in [1.165, 1.54) is 15.6 Å². The molecule has 2 heterocycles. The molecule has 1 unspecified atom stereocenters. The van der Waals surface area contributed by atoms with Gasteiger partial charge >= 0.3 is 0 Å². The largest absolute Gasteiger partial charge is 0.228 e. The van der Waals surface area contributed by atoms with E-state index in [0.717, 1.165) is 4.88 Å². The normalized spacial score (nSPS) is 24.4. The Bertz CT molecular complexity index is 634. The van der Waals surface area contributed by atoms with Crippen molar-refractivity contribution in [1.29, 1.82) is 0 Å². The first-order valence-corrected chi connectivity index (χ1v) is 10.8. The van der Waals surface area contributed by atoms with Crippen LogP contribution >= 0.6 is 11.3 Å². The summed E-state index contributed by atoms with van der Waals surface area (Å²) in [4.78, 5) is 0.805. The van der Waals surface area contributed by atoms with E-state index >= 15 is 0 Å². The van der Waals surface area contributed by atoms with Gasteiger partial charge in [-0.25, -0.2) is 21.1 Å². The highest BCUT2D eigenvalue weighted by Crippen LogP contribution is 2.32. The zero-order valence-corrected chi connectivity index (χ0v) is 13.8. The lowest BCUT2D eigenvalue weighted by Crippen LogP contribution is -2.35. The smallest absolute Gasteiger partial charge is 0.214 e. The number of nitrogens with zero attached hydrogens (tertiary/aromatic N) is 1. The number of hydrogen-bond acceptors (Lipinski definition) is 5. The Morgan fingerprint density at radius 2 is 2.15 bits per heavy atom. The van der Waals surface area contributed by atoms with Crippen LogP contribution in [-0.4, -0.2) is 45.7 Å². The van der Waals surface area contributed by atoms with E-state index in [1.807, 2.05) is 17.5 Å². The molecular weight excluding hydrogens is 318 g/mol. The molecule has 2 rings (SSSR count). The van der Waals surface area contributed by atoms with Gasteiger partial charge in [-0.05, 0) is 24.3 Å². The number of thiophene rings is 1. The van der Waals surface area contributed by atoms with Gasteiger partial charge in [0.15, 0.2) is 9.84 Å². The van der Waals surface area contributed by atoms with Crippen LogP contribution in [0.1, 0.15) is 29.9 Å². The van der Waals surface area contributed by atoms with Gasteiger partial charge in [0.05, 0.1) is 16.8 Å². The fourth-order valence-corrected chi connectivity index (χ4v) is 7.03. The molecule has 1 atom stereocenters. The van der Waals surface area contributed by atoms with E-state index in [2.05, 4.69) is 0 Å². The van der Waals surface area contributed by atoms with Crippen LogP contribution in [0.2, 0.25) is 0 Å². The molecule has 1 saturated heterocycles. The molecule has 0 amide bonds. The first-order valence-electron chi connectivity index (χ1n) is 6.59. The van der Waals surface area contributed by atoms with Crippen molar-refractivity contribution in [3.05, 3.63) is 22.4 Å². The molecule has 0 spiro atoms. The number of rotatable bonds is 4. The molecule has 20 heavy (non-hydrogen) atoms. The highest BCUT2D eigenvalue weighted by Gasteiger charge is 2.35. The standard InChI is InChI=1S/C12H19NO4S3/c1-2-9-20(16,17)13-6-5-12(11-4-3-8-18-11)19(14,15)10-7-13/h3-4,8,12H,2,5-7,9-10H2,1H3. The molecule has 0 radical (unpaired) electrons. The van der Waals surface area contributed by atoms with Crippen LogP contribution in [0.3, 0.4) is 0 Å². The molecule has 5 nitrogen and oxygen atoms in total. The molecule has 1 aromatic rings. The van der Waals surface area contributed by atoms with Crippen LogP contribution in [0, 0.1) is 0 Å². The van der Waals surface area contributed by atoms with Crippen LogP contribution in [0.15, 0.2) is 17.5 Å². The number of sulfonamides is 1. The molecule has 0 aromatic carbocycles. The van der Waals surface area contributed by atoms with Crippen LogP contribution in [0.4, 0.5) is 0 Å². The van der Waals surface area contributed by atoms with E-state index in [1.54, 1.807) is 6.92 Å². The van der Waals surface area contributed by atoms with Crippen molar-refractivity contribution in [2.45, 2.75) is 25.0 Å². The van der Waals surface area contributed by atoms with E-state index < -0.39 is 25.1 Å². The van der Waals surface area contributed by atoms with Gasteiger partial charge in [0.2, 0.25) is 10.0 Å². The summed E-state index contributed by atoms with van der Waals surface area (Å²) >= 11 is 1.41. The minimum atomic E-state index is -3.33. The molecule has 114 valence electrons. The van der Waals surface area contributed by atoms with Crippen molar-refractivity contribution in [3.8, 4) is 0 Å². The Balaban J connectivity index is 2.23. The maximum Gasteiger partial charge on any atom is 0.214 e. The van der Waals surface area contributed by atoms with Crippen LogP contribution in [0.25, 0.3) is 0 Å². The molecule has 0 aliphatic carbocycles. The summed E-state index contributed by atoms with van der Waals surface area (Å²) in [6.07, 6.45) is 0.881. The molecular formula is C12H19NO4S3. The van der Waals surface area contributed by atoms with Crippen LogP contribution in [-0.2, 0) is 19.9 Å². The monoisotopic (exact) mass is 337 g/mol. The summed E-state index contributed by atoms with van der Waals surface area (Å²) in [5.41, 5.74) is 0. The predicted octanol–water partition coefficient (Wildman–Crippen LogP) is 1.65. The predicted molar refractivity (Wildman–Crippen MR) is 81.1 cm³/mol. The Kier molecular flexibility index (Phi) is 4.88. The second-order valence-electron chi connectivity index (χ2n) is 4.87. The summed E-state index contributed by atoms with van der Waals surface area (Å²) in [6.45, 7) is 2.16. The molecule has 0 saturated carbocycles. The zero-order valence-electron chi connectivity index (χ0n) is 11.4. The van der Waals surface area contributed by atoms with Gasteiger partial charge in [0.25, 0.3) is 0 Å². The maximum atomic E-state index is 12.3. The number of hydrogen-bond donors (Lipinski definition) is 0. The van der Waals surface area contributed by atoms with Crippen molar-refractivity contribution in [2.75, 3.05) is 24.6 Å². The molecule has 1 aliphatic heterocycles. The van der Waals surface area contributed by atoms with Gasteiger partial charge in [0, 0.05) is 18.0 Å². The summed E-state index contributed by atoms with van der Waals surface area (Å²) in [5, 5.41) is 1.28. The number of sulfone groups is 1. The minimum absolute atomic E-state index is 0.0759. The second-order valence-corrected chi connectivity index (χ2v) is 10.2. The lowest BCUT2D eigenvalue weighted by Gasteiger charge is -2.18. The Labute approximate surface area is 124 Å². The highest BCUT2D eigenvalue weighted by atomic mass is 32.2. The van der Waals surface area contributed by atoms with Crippen molar-refractivity contribution in [3.63, 3.8) is 0 Å². The summed E-state index contributed by atoms with van der Waals surface area (Å²) in [5.74, 6) is -0.0186. The third-order valence-corrected chi connectivity index (χ3v) is 8.73. The lowest BCUT2D eigenvalue weighted by atomic mass is 10.2. The van der Waals surface area contributed by atoms with Gasteiger partial charge < -0.3 is 0 Å². The van der Waals surface area contributed by atoms with Crippen molar-refractivity contribution >= 4 is 31.2 Å². The van der Waals surface area contributed by atoms with E-state index in [0.29, 0.717) is 12.8 Å². The second kappa shape index (κ2) is 6.13. The molecule has 0 N–H and O–H groups in total. The van der Waals surface area contributed by atoms with Crippen molar-refractivity contribution in [1.82, 2.24) is 4.31 Å². The summed E-state index contributed by atoms with van der Waals surface area (Å²) in [6, 6.07) is 3.63.